The van der Waals surface area contributed by atoms with Gasteiger partial charge in [0.15, 0.2) is 0 Å². The van der Waals surface area contributed by atoms with Crippen LogP contribution in [0.3, 0.4) is 0 Å². The fourth-order valence-electron chi connectivity index (χ4n) is 1.63. The quantitative estimate of drug-likeness (QED) is 0.691. The lowest BCUT2D eigenvalue weighted by atomic mass is 10.1. The fourth-order valence-corrected chi connectivity index (χ4v) is 3.09. The summed E-state index contributed by atoms with van der Waals surface area (Å²) in [4.78, 5) is 0. The second kappa shape index (κ2) is 5.35. The van der Waals surface area contributed by atoms with Gasteiger partial charge in [-0.3, -0.25) is 0 Å². The number of rotatable bonds is 1. The SMILES string of the molecule is Oc1c(C2COCCN2)cc(Br)c(Br)c1Br. The molecule has 0 saturated carbocycles. The number of hydrogen-bond acceptors (Lipinski definition) is 3. The van der Waals surface area contributed by atoms with Gasteiger partial charge in [-0.2, -0.15) is 0 Å². The van der Waals surface area contributed by atoms with E-state index in [9.17, 15) is 5.11 Å². The first-order valence-electron chi connectivity index (χ1n) is 4.78. The molecule has 2 N–H and O–H groups in total. The molecule has 3 nitrogen and oxygen atoms in total. The van der Waals surface area contributed by atoms with E-state index in [-0.39, 0.29) is 11.8 Å². The molecule has 1 atom stereocenters. The molecule has 1 saturated heterocycles. The first-order valence-corrected chi connectivity index (χ1v) is 7.16. The van der Waals surface area contributed by atoms with Gasteiger partial charge in [-0.25, -0.2) is 0 Å². The van der Waals surface area contributed by atoms with E-state index in [1.54, 1.807) is 0 Å². The summed E-state index contributed by atoms with van der Waals surface area (Å²) < 4.78 is 7.76. The number of halogens is 3. The Balaban J connectivity index is 2.40. The summed E-state index contributed by atoms with van der Waals surface area (Å²) >= 11 is 10.2. The van der Waals surface area contributed by atoms with E-state index >= 15 is 0 Å². The molecule has 1 unspecified atom stereocenters. The molecule has 0 spiro atoms. The zero-order valence-corrected chi connectivity index (χ0v) is 13.0. The largest absolute Gasteiger partial charge is 0.506 e. The van der Waals surface area contributed by atoms with Crippen molar-refractivity contribution in [2.45, 2.75) is 6.04 Å². The molecular weight excluding hydrogens is 406 g/mol. The van der Waals surface area contributed by atoms with Crippen LogP contribution in [-0.4, -0.2) is 24.9 Å². The van der Waals surface area contributed by atoms with Crippen LogP contribution in [0.15, 0.2) is 19.5 Å². The Morgan fingerprint density at radius 3 is 2.69 bits per heavy atom. The fraction of sp³-hybridized carbons (Fsp3) is 0.400. The third-order valence-electron chi connectivity index (χ3n) is 2.46. The lowest BCUT2D eigenvalue weighted by Crippen LogP contribution is -2.34. The number of phenols is 1. The molecule has 1 aliphatic heterocycles. The van der Waals surface area contributed by atoms with Gasteiger partial charge in [0.1, 0.15) is 5.75 Å². The van der Waals surface area contributed by atoms with E-state index in [1.807, 2.05) is 6.07 Å². The van der Waals surface area contributed by atoms with Crippen LogP contribution < -0.4 is 5.32 Å². The van der Waals surface area contributed by atoms with E-state index in [0.29, 0.717) is 11.1 Å². The summed E-state index contributed by atoms with van der Waals surface area (Å²) in [7, 11) is 0. The lowest BCUT2D eigenvalue weighted by molar-refractivity contribution is 0.0760. The van der Waals surface area contributed by atoms with Gasteiger partial charge in [0.25, 0.3) is 0 Å². The highest BCUT2D eigenvalue weighted by Crippen LogP contribution is 2.42. The van der Waals surface area contributed by atoms with Crippen LogP contribution >= 0.6 is 47.8 Å². The van der Waals surface area contributed by atoms with E-state index in [1.165, 1.54) is 0 Å². The van der Waals surface area contributed by atoms with Crippen LogP contribution in [0, 0.1) is 0 Å². The highest BCUT2D eigenvalue weighted by atomic mass is 79.9. The number of morpholine rings is 1. The van der Waals surface area contributed by atoms with Crippen molar-refractivity contribution in [1.29, 1.82) is 0 Å². The van der Waals surface area contributed by atoms with E-state index in [0.717, 1.165) is 27.7 Å². The Hall–Kier alpha value is 0.380. The molecule has 0 aromatic heterocycles. The van der Waals surface area contributed by atoms with Gasteiger partial charge in [0.05, 0.1) is 23.7 Å². The Morgan fingerprint density at radius 1 is 1.31 bits per heavy atom. The maximum Gasteiger partial charge on any atom is 0.135 e. The lowest BCUT2D eigenvalue weighted by Gasteiger charge is -2.25. The number of ether oxygens (including phenoxy) is 1. The van der Waals surface area contributed by atoms with E-state index in [4.69, 9.17) is 4.74 Å². The smallest absolute Gasteiger partial charge is 0.135 e. The normalized spacial score (nSPS) is 21.1. The van der Waals surface area contributed by atoms with Crippen molar-refractivity contribution in [3.8, 4) is 5.75 Å². The minimum absolute atomic E-state index is 0.0365. The predicted octanol–water partition coefficient (Wildman–Crippen LogP) is 3.34. The van der Waals surface area contributed by atoms with Crippen LogP contribution in [0.5, 0.6) is 5.75 Å². The van der Waals surface area contributed by atoms with Gasteiger partial charge >= 0.3 is 0 Å². The van der Waals surface area contributed by atoms with E-state index < -0.39 is 0 Å². The summed E-state index contributed by atoms with van der Waals surface area (Å²) in [6.07, 6.45) is 0. The first kappa shape index (κ1) is 12.8. The highest BCUT2D eigenvalue weighted by molar-refractivity contribution is 9.14. The van der Waals surface area contributed by atoms with E-state index in [2.05, 4.69) is 53.1 Å². The monoisotopic (exact) mass is 413 g/mol. The number of benzene rings is 1. The summed E-state index contributed by atoms with van der Waals surface area (Å²) in [5, 5.41) is 13.4. The van der Waals surface area contributed by atoms with Crippen molar-refractivity contribution in [2.24, 2.45) is 0 Å². The van der Waals surface area contributed by atoms with Crippen molar-refractivity contribution < 1.29 is 9.84 Å². The molecule has 0 bridgehead atoms. The Kier molecular flexibility index (Phi) is 4.29. The molecule has 1 fully saturated rings. The molecule has 1 aliphatic rings. The van der Waals surface area contributed by atoms with Gasteiger partial charge in [-0.15, -0.1) is 0 Å². The second-order valence-electron chi connectivity index (χ2n) is 3.51. The van der Waals surface area contributed by atoms with Gasteiger partial charge in [0.2, 0.25) is 0 Å². The van der Waals surface area contributed by atoms with Gasteiger partial charge in [-0.05, 0) is 53.9 Å². The molecule has 6 heteroatoms. The van der Waals surface area contributed by atoms with Gasteiger partial charge in [0, 0.05) is 21.1 Å². The van der Waals surface area contributed by atoms with Gasteiger partial charge in [-0.1, -0.05) is 0 Å². The topological polar surface area (TPSA) is 41.5 Å². The zero-order chi connectivity index (χ0) is 11.7. The van der Waals surface area contributed by atoms with Crippen molar-refractivity contribution in [3.63, 3.8) is 0 Å². The summed E-state index contributed by atoms with van der Waals surface area (Å²) in [6, 6.07) is 1.94. The standard InChI is InChI=1S/C10H10Br3NO2/c11-6-3-5(7-4-16-2-1-14-7)10(15)9(13)8(6)12/h3,7,14-15H,1-2,4H2. The van der Waals surface area contributed by atoms with Crippen LogP contribution in [0.2, 0.25) is 0 Å². The van der Waals surface area contributed by atoms with Gasteiger partial charge < -0.3 is 15.2 Å². The molecule has 1 aromatic carbocycles. The third kappa shape index (κ3) is 2.46. The maximum absolute atomic E-state index is 10.1. The number of aromatic hydroxyl groups is 1. The predicted molar refractivity (Wildman–Crippen MR) is 72.8 cm³/mol. The molecule has 0 amide bonds. The van der Waals surface area contributed by atoms with Crippen molar-refractivity contribution >= 4 is 47.8 Å². The average Bonchev–Trinajstić information content (AvgIpc) is 2.32. The average molecular weight is 416 g/mol. The van der Waals surface area contributed by atoms with Crippen molar-refractivity contribution in [2.75, 3.05) is 19.8 Å². The van der Waals surface area contributed by atoms with Crippen LogP contribution in [-0.2, 0) is 4.74 Å². The molecule has 1 heterocycles. The molecular formula is C10H10Br3NO2. The summed E-state index contributed by atoms with van der Waals surface area (Å²) in [5.74, 6) is 0.248. The summed E-state index contributed by atoms with van der Waals surface area (Å²) in [6.45, 7) is 2.10. The first-order chi connectivity index (χ1) is 7.61. The Bertz CT molecular complexity index is 406. The zero-order valence-electron chi connectivity index (χ0n) is 8.27. The van der Waals surface area contributed by atoms with Crippen LogP contribution in [0.1, 0.15) is 11.6 Å². The highest BCUT2D eigenvalue weighted by Gasteiger charge is 2.22. The number of phenolic OH excluding ortho intramolecular Hbond substituents is 1. The molecule has 2 rings (SSSR count). The third-order valence-corrected chi connectivity index (χ3v) is 5.75. The minimum Gasteiger partial charge on any atom is -0.506 e. The second-order valence-corrected chi connectivity index (χ2v) is 5.95. The molecule has 0 aliphatic carbocycles. The minimum atomic E-state index is 0.0365. The number of hydrogen-bond donors (Lipinski definition) is 2. The van der Waals surface area contributed by atoms with Crippen LogP contribution in [0.25, 0.3) is 0 Å². The molecule has 1 aromatic rings. The van der Waals surface area contributed by atoms with Crippen molar-refractivity contribution in [3.05, 3.63) is 25.0 Å². The molecule has 16 heavy (non-hydrogen) atoms. The summed E-state index contributed by atoms with van der Waals surface area (Å²) in [5.41, 5.74) is 0.835. The van der Waals surface area contributed by atoms with Crippen LogP contribution in [0.4, 0.5) is 0 Å². The maximum atomic E-state index is 10.1. The molecule has 0 radical (unpaired) electrons. The Labute approximate surface area is 119 Å². The van der Waals surface area contributed by atoms with Crippen molar-refractivity contribution in [1.82, 2.24) is 5.32 Å². The Morgan fingerprint density at radius 2 is 2.06 bits per heavy atom. The number of nitrogens with one attached hydrogen (secondary N) is 1. The molecule has 88 valence electrons.